The molecule has 0 radical (unpaired) electrons. The molecule has 128 valence electrons. The zero-order valence-corrected chi connectivity index (χ0v) is 13.9. The fourth-order valence-electron chi connectivity index (χ4n) is 2.08. The molecule has 0 fully saturated rings. The van der Waals surface area contributed by atoms with Crippen LogP contribution in [0.25, 0.3) is 11.5 Å². The summed E-state index contributed by atoms with van der Waals surface area (Å²) in [7, 11) is 0. The standard InChI is InChI=1S/C17H13F2N3O2S/c1-2-25-12-6-3-10(4-7-12)15(23)20-17-22-21-16(24-17)13-8-5-11(18)9-14(13)19/h3-9H,2H2,1H3,(H,20,22,23). The number of carbonyl (C=O) groups is 1. The van der Waals surface area contributed by atoms with Crippen molar-refractivity contribution in [1.82, 2.24) is 10.2 Å². The van der Waals surface area contributed by atoms with Gasteiger partial charge in [-0.3, -0.25) is 10.1 Å². The molecular weight excluding hydrogens is 348 g/mol. The lowest BCUT2D eigenvalue weighted by molar-refractivity contribution is 0.102. The van der Waals surface area contributed by atoms with Gasteiger partial charge in [0.1, 0.15) is 11.6 Å². The van der Waals surface area contributed by atoms with Crippen LogP contribution < -0.4 is 5.32 Å². The summed E-state index contributed by atoms with van der Waals surface area (Å²) in [5.41, 5.74) is 0.378. The first kappa shape index (κ1) is 17.1. The van der Waals surface area contributed by atoms with Crippen LogP contribution in [0.15, 0.2) is 51.8 Å². The SMILES string of the molecule is CCSc1ccc(C(=O)Nc2nnc(-c3ccc(F)cc3F)o2)cc1. The third kappa shape index (κ3) is 4.03. The molecule has 0 bridgehead atoms. The number of anilines is 1. The Hall–Kier alpha value is -2.74. The number of hydrogen-bond acceptors (Lipinski definition) is 5. The summed E-state index contributed by atoms with van der Waals surface area (Å²) >= 11 is 1.67. The van der Waals surface area contributed by atoms with Gasteiger partial charge >= 0.3 is 6.01 Å². The van der Waals surface area contributed by atoms with Crippen molar-refractivity contribution in [3.63, 3.8) is 0 Å². The van der Waals surface area contributed by atoms with Gasteiger partial charge < -0.3 is 4.42 Å². The summed E-state index contributed by atoms with van der Waals surface area (Å²) in [5.74, 6) is -1.18. The van der Waals surface area contributed by atoms with Crippen molar-refractivity contribution in [2.45, 2.75) is 11.8 Å². The molecule has 0 aliphatic heterocycles. The van der Waals surface area contributed by atoms with E-state index in [1.54, 1.807) is 23.9 Å². The van der Waals surface area contributed by atoms with Crippen LogP contribution >= 0.6 is 11.8 Å². The van der Waals surface area contributed by atoms with Crippen LogP contribution in [0.2, 0.25) is 0 Å². The number of benzene rings is 2. The van der Waals surface area contributed by atoms with Crippen molar-refractivity contribution in [1.29, 1.82) is 0 Å². The first-order valence-corrected chi connectivity index (χ1v) is 8.38. The second-order valence-corrected chi connectivity index (χ2v) is 6.29. The normalized spacial score (nSPS) is 10.7. The minimum absolute atomic E-state index is 0.0460. The molecular formula is C17H13F2N3O2S. The molecule has 0 atom stereocenters. The van der Waals surface area contributed by atoms with E-state index >= 15 is 0 Å². The lowest BCUT2D eigenvalue weighted by Gasteiger charge is -2.02. The van der Waals surface area contributed by atoms with Crippen LogP contribution in [0.4, 0.5) is 14.8 Å². The lowest BCUT2D eigenvalue weighted by atomic mass is 10.2. The number of rotatable bonds is 5. The minimum Gasteiger partial charge on any atom is -0.403 e. The largest absolute Gasteiger partial charge is 0.403 e. The van der Waals surface area contributed by atoms with Crippen LogP contribution in [0, 0.1) is 11.6 Å². The van der Waals surface area contributed by atoms with Gasteiger partial charge in [0, 0.05) is 16.5 Å². The van der Waals surface area contributed by atoms with Crippen molar-refractivity contribution in [3.8, 4) is 11.5 Å². The number of hydrogen-bond donors (Lipinski definition) is 1. The Labute approximate surface area is 146 Å². The molecule has 1 heterocycles. The Morgan fingerprint density at radius 3 is 2.60 bits per heavy atom. The van der Waals surface area contributed by atoms with Crippen molar-refractivity contribution >= 4 is 23.7 Å². The van der Waals surface area contributed by atoms with Gasteiger partial charge in [0.2, 0.25) is 0 Å². The van der Waals surface area contributed by atoms with Crippen LogP contribution in [0.5, 0.6) is 0 Å². The molecule has 2 aromatic carbocycles. The molecule has 1 N–H and O–H groups in total. The molecule has 0 saturated carbocycles. The topological polar surface area (TPSA) is 68.0 Å². The molecule has 0 aliphatic rings. The predicted octanol–water partition coefficient (Wildman–Crippen LogP) is 4.38. The molecule has 0 saturated heterocycles. The number of thioether (sulfide) groups is 1. The number of aromatic nitrogens is 2. The number of halogens is 2. The van der Waals surface area contributed by atoms with Crippen molar-refractivity contribution in [3.05, 3.63) is 59.7 Å². The Balaban J connectivity index is 1.73. The quantitative estimate of drug-likeness (QED) is 0.683. The number of nitrogens with zero attached hydrogens (tertiary/aromatic N) is 2. The Morgan fingerprint density at radius 1 is 1.16 bits per heavy atom. The van der Waals surface area contributed by atoms with E-state index in [1.165, 1.54) is 6.07 Å². The van der Waals surface area contributed by atoms with E-state index < -0.39 is 17.5 Å². The van der Waals surface area contributed by atoms with E-state index in [2.05, 4.69) is 15.5 Å². The molecule has 8 heteroatoms. The maximum Gasteiger partial charge on any atom is 0.322 e. The van der Waals surface area contributed by atoms with E-state index in [1.807, 2.05) is 19.1 Å². The van der Waals surface area contributed by atoms with Gasteiger partial charge in [-0.15, -0.1) is 16.9 Å². The van der Waals surface area contributed by atoms with E-state index in [-0.39, 0.29) is 17.5 Å². The molecule has 3 rings (SSSR count). The summed E-state index contributed by atoms with van der Waals surface area (Å²) in [5, 5.41) is 9.77. The van der Waals surface area contributed by atoms with E-state index in [0.717, 1.165) is 16.7 Å². The van der Waals surface area contributed by atoms with Gasteiger partial charge in [-0.25, -0.2) is 8.78 Å². The Kier molecular flexibility index (Phi) is 5.08. The second-order valence-electron chi connectivity index (χ2n) is 4.95. The average molecular weight is 361 g/mol. The first-order chi connectivity index (χ1) is 12.1. The van der Waals surface area contributed by atoms with Gasteiger partial charge in [0.25, 0.3) is 11.8 Å². The van der Waals surface area contributed by atoms with E-state index in [0.29, 0.717) is 11.6 Å². The molecule has 25 heavy (non-hydrogen) atoms. The highest BCUT2D eigenvalue weighted by Gasteiger charge is 2.16. The zero-order chi connectivity index (χ0) is 17.8. The highest BCUT2D eigenvalue weighted by Crippen LogP contribution is 2.24. The van der Waals surface area contributed by atoms with Crippen LogP contribution in [-0.2, 0) is 0 Å². The first-order valence-electron chi connectivity index (χ1n) is 7.40. The molecule has 3 aromatic rings. The van der Waals surface area contributed by atoms with Gasteiger partial charge in [0.15, 0.2) is 0 Å². The van der Waals surface area contributed by atoms with Crippen LogP contribution in [-0.4, -0.2) is 21.9 Å². The fourth-order valence-corrected chi connectivity index (χ4v) is 2.75. The maximum absolute atomic E-state index is 13.7. The molecule has 0 spiro atoms. The smallest absolute Gasteiger partial charge is 0.322 e. The summed E-state index contributed by atoms with van der Waals surface area (Å²) < 4.78 is 31.9. The van der Waals surface area contributed by atoms with Gasteiger partial charge in [-0.2, -0.15) is 0 Å². The third-order valence-corrected chi connectivity index (χ3v) is 4.13. The number of amides is 1. The van der Waals surface area contributed by atoms with Gasteiger partial charge in [0.05, 0.1) is 5.56 Å². The lowest BCUT2D eigenvalue weighted by Crippen LogP contribution is -2.11. The third-order valence-electron chi connectivity index (χ3n) is 3.23. The molecule has 5 nitrogen and oxygen atoms in total. The average Bonchev–Trinajstić information content (AvgIpc) is 3.04. The molecule has 1 amide bonds. The van der Waals surface area contributed by atoms with Gasteiger partial charge in [-0.05, 0) is 42.2 Å². The monoisotopic (exact) mass is 361 g/mol. The van der Waals surface area contributed by atoms with Crippen molar-refractivity contribution < 1.29 is 18.0 Å². The predicted molar refractivity (Wildman–Crippen MR) is 90.4 cm³/mol. The van der Waals surface area contributed by atoms with Crippen molar-refractivity contribution in [2.75, 3.05) is 11.1 Å². The molecule has 0 unspecified atom stereocenters. The highest BCUT2D eigenvalue weighted by atomic mass is 32.2. The molecule has 0 aliphatic carbocycles. The summed E-state index contributed by atoms with van der Waals surface area (Å²) in [4.78, 5) is 13.2. The summed E-state index contributed by atoms with van der Waals surface area (Å²) in [6.07, 6.45) is 0. The number of carbonyl (C=O) groups excluding carboxylic acids is 1. The maximum atomic E-state index is 13.7. The van der Waals surface area contributed by atoms with E-state index in [4.69, 9.17) is 4.42 Å². The second kappa shape index (κ2) is 7.43. The zero-order valence-electron chi connectivity index (χ0n) is 13.1. The Morgan fingerprint density at radius 2 is 1.92 bits per heavy atom. The molecule has 1 aromatic heterocycles. The summed E-state index contributed by atoms with van der Waals surface area (Å²) in [6, 6.07) is 9.87. The van der Waals surface area contributed by atoms with Crippen molar-refractivity contribution in [2.24, 2.45) is 0 Å². The highest BCUT2D eigenvalue weighted by molar-refractivity contribution is 7.99. The van der Waals surface area contributed by atoms with E-state index in [9.17, 15) is 13.6 Å². The minimum atomic E-state index is -0.828. The van der Waals surface area contributed by atoms with Gasteiger partial charge in [-0.1, -0.05) is 12.0 Å². The summed E-state index contributed by atoms with van der Waals surface area (Å²) in [6.45, 7) is 2.04. The Bertz CT molecular complexity index is 897. The fraction of sp³-hybridized carbons (Fsp3) is 0.118. The van der Waals surface area contributed by atoms with Crippen LogP contribution in [0.1, 0.15) is 17.3 Å². The van der Waals surface area contributed by atoms with Crippen LogP contribution in [0.3, 0.4) is 0 Å². The number of nitrogens with one attached hydrogen (secondary N) is 1.